The molecule has 0 aromatic heterocycles. The van der Waals surface area contributed by atoms with Crippen LogP contribution in [0.15, 0.2) is 42.5 Å². The highest BCUT2D eigenvalue weighted by Gasteiger charge is 2.37. The van der Waals surface area contributed by atoms with Gasteiger partial charge in [-0.2, -0.15) is 0 Å². The van der Waals surface area contributed by atoms with Crippen molar-refractivity contribution in [3.63, 3.8) is 0 Å². The number of nitrogens with zero attached hydrogens (tertiary/aromatic N) is 1. The quantitative estimate of drug-likeness (QED) is 0.704. The van der Waals surface area contributed by atoms with Gasteiger partial charge in [0.15, 0.2) is 18.1 Å². The van der Waals surface area contributed by atoms with Crippen molar-refractivity contribution in [1.82, 2.24) is 5.32 Å². The second-order valence-electron chi connectivity index (χ2n) is 8.55. The molecule has 2 aliphatic heterocycles. The molecular formula is C25H26N2O6. The summed E-state index contributed by atoms with van der Waals surface area (Å²) >= 11 is 0. The van der Waals surface area contributed by atoms with Gasteiger partial charge in [-0.15, -0.1) is 0 Å². The van der Waals surface area contributed by atoms with Gasteiger partial charge in [0.25, 0.3) is 5.91 Å². The zero-order valence-corrected chi connectivity index (χ0v) is 18.2. The Labute approximate surface area is 191 Å². The maximum Gasteiger partial charge on any atom is 0.311 e. The van der Waals surface area contributed by atoms with E-state index in [0.29, 0.717) is 30.4 Å². The van der Waals surface area contributed by atoms with Crippen molar-refractivity contribution in [1.29, 1.82) is 0 Å². The molecule has 2 aromatic rings. The van der Waals surface area contributed by atoms with Gasteiger partial charge in [-0.05, 0) is 42.5 Å². The first-order valence-corrected chi connectivity index (χ1v) is 11.3. The van der Waals surface area contributed by atoms with E-state index in [0.717, 1.165) is 24.8 Å². The lowest BCUT2D eigenvalue weighted by molar-refractivity contribution is -0.152. The molecule has 2 amide bonds. The lowest BCUT2D eigenvalue weighted by Gasteiger charge is -2.26. The Bertz CT molecular complexity index is 1080. The molecule has 0 saturated carbocycles. The van der Waals surface area contributed by atoms with Crippen LogP contribution in [0.25, 0.3) is 0 Å². The first kappa shape index (κ1) is 21.3. The number of fused-ring (bicyclic) bond motifs is 2. The van der Waals surface area contributed by atoms with Crippen molar-refractivity contribution in [2.24, 2.45) is 5.92 Å². The summed E-state index contributed by atoms with van der Waals surface area (Å²) < 4.78 is 16.4. The zero-order chi connectivity index (χ0) is 22.8. The standard InChI is InChI=1S/C25H26N2O6/c28-23(26-20-7-3-5-16-4-1-2-6-19(16)20)15-33-25(30)17-12-24(29)27(14-17)18-8-9-21-22(13-18)32-11-10-31-21/h1-2,4,6,8-9,13,17,20H,3,5,7,10-12,14-15H2,(H,26,28)/t17-,20-/m1/s1. The van der Waals surface area contributed by atoms with Crippen LogP contribution in [0, 0.1) is 5.92 Å². The Morgan fingerprint density at radius 2 is 1.91 bits per heavy atom. The van der Waals surface area contributed by atoms with Crippen LogP contribution in [0.1, 0.15) is 36.4 Å². The van der Waals surface area contributed by atoms with Crippen LogP contribution in [0.5, 0.6) is 11.5 Å². The molecule has 172 valence electrons. The number of nitrogens with one attached hydrogen (secondary N) is 1. The van der Waals surface area contributed by atoms with Gasteiger partial charge in [-0.25, -0.2) is 0 Å². The van der Waals surface area contributed by atoms with Gasteiger partial charge in [0.1, 0.15) is 13.2 Å². The topological polar surface area (TPSA) is 94.2 Å². The number of carbonyl (C=O) groups is 3. The van der Waals surface area contributed by atoms with E-state index in [2.05, 4.69) is 11.4 Å². The summed E-state index contributed by atoms with van der Waals surface area (Å²) in [5.74, 6) is -0.441. The van der Waals surface area contributed by atoms with Gasteiger partial charge in [0.2, 0.25) is 5.91 Å². The first-order valence-electron chi connectivity index (χ1n) is 11.3. The molecule has 0 spiro atoms. The minimum absolute atomic E-state index is 0.0465. The number of esters is 1. The zero-order valence-electron chi connectivity index (χ0n) is 18.2. The number of hydrogen-bond donors (Lipinski definition) is 1. The smallest absolute Gasteiger partial charge is 0.311 e. The Hall–Kier alpha value is -3.55. The van der Waals surface area contributed by atoms with Gasteiger partial charge < -0.3 is 24.4 Å². The summed E-state index contributed by atoms with van der Waals surface area (Å²) in [5, 5.41) is 2.97. The van der Waals surface area contributed by atoms with E-state index < -0.39 is 11.9 Å². The average Bonchev–Trinajstić information content (AvgIpc) is 3.24. The summed E-state index contributed by atoms with van der Waals surface area (Å²) in [6, 6.07) is 13.3. The fourth-order valence-electron chi connectivity index (χ4n) is 4.71. The molecule has 2 aromatic carbocycles. The Morgan fingerprint density at radius 1 is 1.09 bits per heavy atom. The molecule has 1 N–H and O–H groups in total. The molecule has 1 fully saturated rings. The number of ether oxygens (including phenoxy) is 3. The predicted octanol–water partition coefficient (Wildman–Crippen LogP) is 2.55. The molecule has 33 heavy (non-hydrogen) atoms. The molecule has 5 rings (SSSR count). The fourth-order valence-corrected chi connectivity index (χ4v) is 4.71. The van der Waals surface area contributed by atoms with Gasteiger partial charge in [-0.3, -0.25) is 14.4 Å². The third-order valence-electron chi connectivity index (χ3n) is 6.35. The van der Waals surface area contributed by atoms with Crippen LogP contribution in [0.4, 0.5) is 5.69 Å². The minimum atomic E-state index is -0.617. The molecule has 1 saturated heterocycles. The molecule has 0 bridgehead atoms. The van der Waals surface area contributed by atoms with E-state index in [9.17, 15) is 14.4 Å². The van der Waals surface area contributed by atoms with Crippen LogP contribution in [0.2, 0.25) is 0 Å². The van der Waals surface area contributed by atoms with Crippen LogP contribution in [0.3, 0.4) is 0 Å². The summed E-state index contributed by atoms with van der Waals surface area (Å²) in [7, 11) is 0. The van der Waals surface area contributed by atoms with Crippen molar-refractivity contribution in [2.45, 2.75) is 31.7 Å². The Morgan fingerprint density at radius 3 is 2.79 bits per heavy atom. The predicted molar refractivity (Wildman–Crippen MR) is 119 cm³/mol. The fraction of sp³-hybridized carbons (Fsp3) is 0.400. The maximum atomic E-state index is 12.6. The lowest BCUT2D eigenvalue weighted by Crippen LogP contribution is -2.35. The average molecular weight is 450 g/mol. The maximum absolute atomic E-state index is 12.6. The molecule has 1 aliphatic carbocycles. The third kappa shape index (κ3) is 4.51. The number of aryl methyl sites for hydroxylation is 1. The highest BCUT2D eigenvalue weighted by Crippen LogP contribution is 2.36. The SMILES string of the molecule is O=C(COC(=O)[C@@H]1CC(=O)N(c2ccc3c(c2)OCCO3)C1)N[C@@H]1CCCc2ccccc21. The molecule has 2 atom stereocenters. The number of anilines is 1. The largest absolute Gasteiger partial charge is 0.486 e. The summed E-state index contributed by atoms with van der Waals surface area (Å²) in [6.45, 7) is 0.790. The highest BCUT2D eigenvalue weighted by atomic mass is 16.6. The molecule has 8 heteroatoms. The van der Waals surface area contributed by atoms with Crippen molar-refractivity contribution in [3.8, 4) is 11.5 Å². The van der Waals surface area contributed by atoms with Crippen LogP contribution in [-0.4, -0.2) is 44.1 Å². The van der Waals surface area contributed by atoms with E-state index in [4.69, 9.17) is 14.2 Å². The molecular weight excluding hydrogens is 424 g/mol. The first-order chi connectivity index (χ1) is 16.1. The van der Waals surface area contributed by atoms with E-state index >= 15 is 0 Å². The van der Waals surface area contributed by atoms with Gasteiger partial charge in [0.05, 0.1) is 12.0 Å². The lowest BCUT2D eigenvalue weighted by atomic mass is 9.88. The number of rotatable bonds is 5. The van der Waals surface area contributed by atoms with Crippen molar-refractivity contribution >= 4 is 23.5 Å². The number of benzene rings is 2. The molecule has 0 unspecified atom stereocenters. The summed E-state index contributed by atoms with van der Waals surface area (Å²) in [5.41, 5.74) is 3.02. The number of amides is 2. The Kier molecular flexibility index (Phi) is 5.90. The van der Waals surface area contributed by atoms with Crippen molar-refractivity contribution < 1.29 is 28.6 Å². The van der Waals surface area contributed by atoms with E-state index in [-0.39, 0.29) is 37.4 Å². The van der Waals surface area contributed by atoms with Crippen LogP contribution >= 0.6 is 0 Å². The van der Waals surface area contributed by atoms with Crippen LogP contribution in [-0.2, 0) is 25.5 Å². The number of carbonyl (C=O) groups excluding carboxylic acids is 3. The molecule has 0 radical (unpaired) electrons. The van der Waals surface area contributed by atoms with Gasteiger partial charge >= 0.3 is 5.97 Å². The highest BCUT2D eigenvalue weighted by molar-refractivity contribution is 6.00. The van der Waals surface area contributed by atoms with E-state index in [1.54, 1.807) is 23.1 Å². The second kappa shape index (κ2) is 9.13. The van der Waals surface area contributed by atoms with Crippen molar-refractivity contribution in [3.05, 3.63) is 53.6 Å². The molecule has 3 aliphatic rings. The van der Waals surface area contributed by atoms with Gasteiger partial charge in [-0.1, -0.05) is 24.3 Å². The van der Waals surface area contributed by atoms with E-state index in [1.807, 2.05) is 18.2 Å². The number of hydrogen-bond acceptors (Lipinski definition) is 6. The molecule has 2 heterocycles. The van der Waals surface area contributed by atoms with Gasteiger partial charge in [0, 0.05) is 24.7 Å². The van der Waals surface area contributed by atoms with Crippen LogP contribution < -0.4 is 19.7 Å². The molecule has 8 nitrogen and oxygen atoms in total. The Balaban J connectivity index is 1.15. The van der Waals surface area contributed by atoms with E-state index in [1.165, 1.54) is 5.56 Å². The van der Waals surface area contributed by atoms with Crippen molar-refractivity contribution in [2.75, 3.05) is 31.3 Å². The minimum Gasteiger partial charge on any atom is -0.486 e. The monoisotopic (exact) mass is 450 g/mol. The normalized spacial score (nSPS) is 21.3. The summed E-state index contributed by atoms with van der Waals surface area (Å²) in [6.07, 6.45) is 2.91. The summed E-state index contributed by atoms with van der Waals surface area (Å²) in [4.78, 5) is 39.1. The third-order valence-corrected chi connectivity index (χ3v) is 6.35. The second-order valence-corrected chi connectivity index (χ2v) is 8.55.